The Morgan fingerprint density at radius 1 is 1.18 bits per heavy atom. The summed E-state index contributed by atoms with van der Waals surface area (Å²) in [5.41, 5.74) is 1.01. The van der Waals surface area contributed by atoms with Crippen LogP contribution in [0.4, 0.5) is 0 Å². The van der Waals surface area contributed by atoms with Crippen LogP contribution in [0.2, 0.25) is 0 Å². The third-order valence-corrected chi connectivity index (χ3v) is 3.25. The quantitative estimate of drug-likeness (QED) is 0.732. The van der Waals surface area contributed by atoms with E-state index in [2.05, 4.69) is 13.8 Å². The van der Waals surface area contributed by atoms with E-state index in [0.717, 1.165) is 30.0 Å². The van der Waals surface area contributed by atoms with Crippen LogP contribution in [0.15, 0.2) is 36.0 Å². The van der Waals surface area contributed by atoms with Crippen LogP contribution >= 0.6 is 0 Å². The lowest BCUT2D eigenvalue weighted by Crippen LogP contribution is -2.25. The molecule has 0 N–H and O–H groups in total. The molecule has 1 aromatic carbocycles. The van der Waals surface area contributed by atoms with E-state index in [1.807, 2.05) is 37.4 Å². The predicted octanol–water partition coefficient (Wildman–Crippen LogP) is 3.87. The molecule has 0 saturated heterocycles. The van der Waals surface area contributed by atoms with Crippen LogP contribution < -0.4 is 9.47 Å². The van der Waals surface area contributed by atoms with Crippen LogP contribution in [0.5, 0.6) is 11.5 Å². The van der Waals surface area contributed by atoms with E-state index in [4.69, 9.17) is 9.47 Å². The summed E-state index contributed by atoms with van der Waals surface area (Å²) in [7, 11) is 1.64. The third kappa shape index (κ3) is 6.66. The van der Waals surface area contributed by atoms with Crippen LogP contribution in [0.1, 0.15) is 34.1 Å². The second-order valence-corrected chi connectivity index (χ2v) is 5.83. The van der Waals surface area contributed by atoms with Gasteiger partial charge in [0, 0.05) is 19.7 Å². The average molecular weight is 305 g/mol. The van der Waals surface area contributed by atoms with Gasteiger partial charge in [-0.15, -0.1) is 0 Å². The second kappa shape index (κ2) is 9.13. The summed E-state index contributed by atoms with van der Waals surface area (Å²) in [5.74, 6) is 2.22. The van der Waals surface area contributed by atoms with Crippen LogP contribution in [0.25, 0.3) is 0 Å². The van der Waals surface area contributed by atoms with Gasteiger partial charge in [-0.3, -0.25) is 4.79 Å². The molecule has 22 heavy (non-hydrogen) atoms. The molecular weight excluding hydrogens is 278 g/mol. The van der Waals surface area contributed by atoms with E-state index >= 15 is 0 Å². The van der Waals surface area contributed by atoms with Gasteiger partial charge in [0.1, 0.15) is 18.1 Å². The summed E-state index contributed by atoms with van der Waals surface area (Å²) in [5, 5.41) is 0. The van der Waals surface area contributed by atoms with Gasteiger partial charge in [0.25, 0.3) is 0 Å². The fourth-order valence-electron chi connectivity index (χ4n) is 1.88. The molecule has 0 atom stereocenters. The van der Waals surface area contributed by atoms with E-state index in [9.17, 15) is 4.79 Å². The Balaban J connectivity index is 2.56. The Kier molecular flexibility index (Phi) is 7.50. The van der Waals surface area contributed by atoms with Gasteiger partial charge in [-0.05, 0) is 49.1 Å². The number of nitrogens with zero attached hydrogens (tertiary/aromatic N) is 1. The maximum absolute atomic E-state index is 11.7. The Morgan fingerprint density at radius 3 is 2.27 bits per heavy atom. The minimum Gasteiger partial charge on any atom is -0.497 e. The zero-order valence-corrected chi connectivity index (χ0v) is 14.3. The molecule has 0 heterocycles. The van der Waals surface area contributed by atoms with Gasteiger partial charge in [-0.1, -0.05) is 13.8 Å². The maximum atomic E-state index is 11.7. The highest BCUT2D eigenvalue weighted by molar-refractivity contribution is 5.74. The number of carbonyl (C=O) groups excluding carboxylic acids is 1. The summed E-state index contributed by atoms with van der Waals surface area (Å²) in [6, 6.07) is 7.46. The Labute approximate surface area is 133 Å². The molecule has 0 aliphatic heterocycles. The van der Waals surface area contributed by atoms with E-state index in [1.54, 1.807) is 18.9 Å². The number of hydrogen-bond acceptors (Lipinski definition) is 3. The first kappa shape index (κ1) is 18.1. The first-order valence-corrected chi connectivity index (χ1v) is 7.63. The number of ether oxygens (including phenoxy) is 2. The molecule has 0 aliphatic carbocycles. The highest BCUT2D eigenvalue weighted by Crippen LogP contribution is 2.17. The third-order valence-electron chi connectivity index (χ3n) is 3.25. The van der Waals surface area contributed by atoms with E-state index in [0.29, 0.717) is 12.5 Å². The van der Waals surface area contributed by atoms with Crippen LogP contribution in [-0.2, 0) is 4.79 Å². The molecular formula is C18H27NO3. The first-order valence-electron chi connectivity index (χ1n) is 7.63. The zero-order chi connectivity index (χ0) is 16.5. The molecule has 0 aromatic heterocycles. The van der Waals surface area contributed by atoms with Crippen molar-refractivity contribution in [2.24, 2.45) is 5.92 Å². The van der Waals surface area contributed by atoms with Crippen molar-refractivity contribution in [1.29, 1.82) is 0 Å². The largest absolute Gasteiger partial charge is 0.497 e. The Morgan fingerprint density at radius 2 is 1.77 bits per heavy atom. The molecule has 0 radical (unpaired) electrons. The van der Waals surface area contributed by atoms with Gasteiger partial charge in [0.15, 0.2) is 0 Å². The topological polar surface area (TPSA) is 38.8 Å². The molecule has 4 nitrogen and oxygen atoms in total. The lowest BCUT2D eigenvalue weighted by atomic mass is 10.1. The fourth-order valence-corrected chi connectivity index (χ4v) is 1.88. The SMILES string of the molecule is COc1ccc(OC/C(C)=C/N(CCC(C)C)C(C)=O)cc1. The summed E-state index contributed by atoms with van der Waals surface area (Å²) >= 11 is 0. The van der Waals surface area contributed by atoms with Crippen LogP contribution in [0, 0.1) is 5.92 Å². The number of methoxy groups -OCH3 is 1. The molecule has 1 amide bonds. The minimum absolute atomic E-state index is 0.0597. The van der Waals surface area contributed by atoms with Gasteiger partial charge >= 0.3 is 0 Å². The molecule has 1 aromatic rings. The fraction of sp³-hybridized carbons (Fsp3) is 0.500. The maximum Gasteiger partial charge on any atom is 0.223 e. The molecule has 0 unspecified atom stereocenters. The lowest BCUT2D eigenvalue weighted by Gasteiger charge is -2.19. The van der Waals surface area contributed by atoms with Crippen LogP contribution in [-0.4, -0.2) is 31.1 Å². The summed E-state index contributed by atoms with van der Waals surface area (Å²) in [4.78, 5) is 13.4. The highest BCUT2D eigenvalue weighted by atomic mass is 16.5. The molecule has 1 rings (SSSR count). The first-order chi connectivity index (χ1) is 10.4. The molecule has 0 saturated carbocycles. The normalized spacial score (nSPS) is 11.5. The van der Waals surface area contributed by atoms with E-state index in [1.165, 1.54) is 0 Å². The van der Waals surface area contributed by atoms with Gasteiger partial charge in [-0.25, -0.2) is 0 Å². The standard InChI is InChI=1S/C18H27NO3/c1-14(2)10-11-19(16(4)20)12-15(3)13-22-18-8-6-17(21-5)7-9-18/h6-9,12,14H,10-11,13H2,1-5H3/b15-12+. The van der Waals surface area contributed by atoms with Crippen molar-refractivity contribution in [1.82, 2.24) is 4.90 Å². The monoisotopic (exact) mass is 305 g/mol. The molecule has 0 aliphatic rings. The number of hydrogen-bond donors (Lipinski definition) is 0. The highest BCUT2D eigenvalue weighted by Gasteiger charge is 2.07. The van der Waals surface area contributed by atoms with Crippen molar-refractivity contribution < 1.29 is 14.3 Å². The van der Waals surface area contributed by atoms with Gasteiger partial charge in [0.2, 0.25) is 5.91 Å². The minimum atomic E-state index is 0.0597. The molecule has 0 bridgehead atoms. The van der Waals surface area contributed by atoms with Crippen molar-refractivity contribution >= 4 is 5.91 Å². The van der Waals surface area contributed by atoms with Gasteiger partial charge in [0.05, 0.1) is 7.11 Å². The van der Waals surface area contributed by atoms with Gasteiger partial charge in [-0.2, -0.15) is 0 Å². The van der Waals surface area contributed by atoms with Crippen molar-refractivity contribution in [3.8, 4) is 11.5 Å². The smallest absolute Gasteiger partial charge is 0.223 e. The molecule has 4 heteroatoms. The van der Waals surface area contributed by atoms with Gasteiger partial charge < -0.3 is 14.4 Å². The van der Waals surface area contributed by atoms with Crippen LogP contribution in [0.3, 0.4) is 0 Å². The number of benzene rings is 1. The van der Waals surface area contributed by atoms with Crippen molar-refractivity contribution in [2.75, 3.05) is 20.3 Å². The molecule has 0 fully saturated rings. The van der Waals surface area contributed by atoms with Crippen molar-refractivity contribution in [2.45, 2.75) is 34.1 Å². The number of amides is 1. The Bertz CT molecular complexity index is 492. The summed E-state index contributed by atoms with van der Waals surface area (Å²) in [6.45, 7) is 9.07. The predicted molar refractivity (Wildman–Crippen MR) is 89.1 cm³/mol. The summed E-state index contributed by atoms with van der Waals surface area (Å²) < 4.78 is 10.8. The number of rotatable bonds is 8. The van der Waals surface area contributed by atoms with Crippen molar-refractivity contribution in [3.05, 3.63) is 36.0 Å². The molecule has 122 valence electrons. The summed E-state index contributed by atoms with van der Waals surface area (Å²) in [6.07, 6.45) is 2.87. The second-order valence-electron chi connectivity index (χ2n) is 5.83. The van der Waals surface area contributed by atoms with E-state index in [-0.39, 0.29) is 5.91 Å². The van der Waals surface area contributed by atoms with E-state index < -0.39 is 0 Å². The zero-order valence-electron chi connectivity index (χ0n) is 14.3. The average Bonchev–Trinajstić information content (AvgIpc) is 2.49. The Hall–Kier alpha value is -1.97. The molecule has 0 spiro atoms. The van der Waals surface area contributed by atoms with Crippen molar-refractivity contribution in [3.63, 3.8) is 0 Å². The number of carbonyl (C=O) groups is 1. The lowest BCUT2D eigenvalue weighted by molar-refractivity contribution is -0.126.